The van der Waals surface area contributed by atoms with Gasteiger partial charge in [-0.1, -0.05) is 30.3 Å². The minimum Gasteiger partial charge on any atom is -0.444 e. The molecule has 0 bridgehead atoms. The van der Waals surface area contributed by atoms with Crippen LogP contribution in [-0.2, 0) is 11.3 Å². The Morgan fingerprint density at radius 1 is 1.29 bits per heavy atom. The molecule has 3 rings (SSSR count). The summed E-state index contributed by atoms with van der Waals surface area (Å²) in [6.07, 6.45) is 4.04. The minimum atomic E-state index is -0.628. The molecular weight excluding hydrogens is 398 g/mol. The maximum Gasteiger partial charge on any atom is 0.412 e. The number of hydrogen-bond donors (Lipinski definition) is 1. The number of rotatable bonds is 4. The number of benzene rings is 1. The highest BCUT2D eigenvalue weighted by Gasteiger charge is 2.13. The Labute approximate surface area is 150 Å². The van der Waals surface area contributed by atoms with Crippen LogP contribution in [0.25, 0.3) is 5.82 Å². The molecule has 0 atom stereocenters. The van der Waals surface area contributed by atoms with Crippen LogP contribution in [-0.4, -0.2) is 25.8 Å². The van der Waals surface area contributed by atoms with Gasteiger partial charge in [0.1, 0.15) is 12.3 Å². The van der Waals surface area contributed by atoms with E-state index in [-0.39, 0.29) is 11.9 Å². The molecule has 0 saturated carbocycles. The molecule has 0 aliphatic rings. The van der Waals surface area contributed by atoms with Crippen molar-refractivity contribution >= 4 is 39.3 Å². The quantitative estimate of drug-likeness (QED) is 0.664. The molecule has 122 valence electrons. The van der Waals surface area contributed by atoms with Crippen LogP contribution in [0, 0.1) is 0 Å². The van der Waals surface area contributed by atoms with Gasteiger partial charge in [0.25, 0.3) is 0 Å². The predicted octanol–water partition coefficient (Wildman–Crippen LogP) is 3.83. The van der Waals surface area contributed by atoms with Crippen molar-refractivity contribution in [2.75, 3.05) is 5.32 Å². The molecule has 24 heavy (non-hydrogen) atoms. The number of anilines is 1. The molecule has 9 heteroatoms. The molecule has 1 aromatic carbocycles. The van der Waals surface area contributed by atoms with E-state index >= 15 is 0 Å². The first-order valence-corrected chi connectivity index (χ1v) is 8.00. The van der Waals surface area contributed by atoms with Gasteiger partial charge in [-0.2, -0.15) is 10.1 Å². The molecule has 3 aromatic rings. The average Bonchev–Trinajstić information content (AvgIpc) is 3.02. The van der Waals surface area contributed by atoms with Gasteiger partial charge in [-0.25, -0.2) is 14.5 Å². The summed E-state index contributed by atoms with van der Waals surface area (Å²) < 4.78 is 7.40. The van der Waals surface area contributed by atoms with E-state index in [2.05, 4.69) is 36.3 Å². The van der Waals surface area contributed by atoms with E-state index in [9.17, 15) is 4.79 Å². The van der Waals surface area contributed by atoms with Gasteiger partial charge in [0.2, 0.25) is 5.28 Å². The Bertz CT molecular complexity index is 856. The van der Waals surface area contributed by atoms with E-state index in [0.29, 0.717) is 11.5 Å². The van der Waals surface area contributed by atoms with Gasteiger partial charge in [-0.3, -0.25) is 5.32 Å². The number of aromatic nitrogens is 4. The van der Waals surface area contributed by atoms with Crippen molar-refractivity contribution in [3.63, 3.8) is 0 Å². The number of nitrogens with one attached hydrogen (secondary N) is 1. The smallest absolute Gasteiger partial charge is 0.412 e. The van der Waals surface area contributed by atoms with E-state index in [4.69, 9.17) is 16.3 Å². The molecule has 0 aliphatic carbocycles. The minimum absolute atomic E-state index is 0.0415. The molecule has 0 radical (unpaired) electrons. The second-order valence-electron chi connectivity index (χ2n) is 4.67. The largest absolute Gasteiger partial charge is 0.444 e. The zero-order valence-corrected chi connectivity index (χ0v) is 14.5. The Balaban J connectivity index is 1.73. The lowest BCUT2D eigenvalue weighted by Gasteiger charge is -2.10. The van der Waals surface area contributed by atoms with Crippen LogP contribution in [0.3, 0.4) is 0 Å². The summed E-state index contributed by atoms with van der Waals surface area (Å²) in [6, 6.07) is 9.37. The number of hydrogen-bond acceptors (Lipinski definition) is 5. The van der Waals surface area contributed by atoms with Crippen LogP contribution in [0.4, 0.5) is 10.5 Å². The standard InChI is InChI=1S/C15H11BrClN5O2/c16-11-6-19-22(8-11)13-12(7-18-14(17)21-13)20-15(23)24-9-10-4-2-1-3-5-10/h1-8H,9H2,(H,20,23). The van der Waals surface area contributed by atoms with Gasteiger partial charge >= 0.3 is 6.09 Å². The van der Waals surface area contributed by atoms with Gasteiger partial charge in [0.05, 0.1) is 16.9 Å². The fourth-order valence-electron chi connectivity index (χ4n) is 1.90. The normalized spacial score (nSPS) is 10.4. The molecule has 0 fully saturated rings. The lowest BCUT2D eigenvalue weighted by Crippen LogP contribution is -2.16. The summed E-state index contributed by atoms with van der Waals surface area (Å²) in [7, 11) is 0. The van der Waals surface area contributed by atoms with E-state index < -0.39 is 6.09 Å². The van der Waals surface area contributed by atoms with Crippen molar-refractivity contribution in [2.45, 2.75) is 6.61 Å². The molecule has 0 spiro atoms. The molecule has 0 saturated heterocycles. The maximum absolute atomic E-state index is 12.0. The van der Waals surface area contributed by atoms with Crippen molar-refractivity contribution in [3.05, 3.63) is 64.2 Å². The Morgan fingerprint density at radius 2 is 2.08 bits per heavy atom. The van der Waals surface area contributed by atoms with E-state index in [0.717, 1.165) is 10.0 Å². The van der Waals surface area contributed by atoms with Crippen LogP contribution in [0.5, 0.6) is 0 Å². The fourth-order valence-corrected chi connectivity index (χ4v) is 2.32. The molecular formula is C15H11BrClN5O2. The van der Waals surface area contributed by atoms with E-state index in [1.165, 1.54) is 10.9 Å². The third-order valence-corrected chi connectivity index (χ3v) is 3.55. The van der Waals surface area contributed by atoms with Gasteiger partial charge in [0.15, 0.2) is 5.82 Å². The number of ether oxygens (including phenoxy) is 1. The number of amides is 1. The van der Waals surface area contributed by atoms with Crippen molar-refractivity contribution < 1.29 is 9.53 Å². The van der Waals surface area contributed by atoms with E-state index in [1.54, 1.807) is 12.4 Å². The summed E-state index contributed by atoms with van der Waals surface area (Å²) in [5.74, 6) is 0.331. The topological polar surface area (TPSA) is 81.9 Å². The van der Waals surface area contributed by atoms with Gasteiger partial charge in [0, 0.05) is 6.20 Å². The van der Waals surface area contributed by atoms with Crippen LogP contribution in [0.15, 0.2) is 53.4 Å². The first-order chi connectivity index (χ1) is 11.6. The number of halogens is 2. The van der Waals surface area contributed by atoms with Gasteiger partial charge in [-0.05, 0) is 33.1 Å². The highest BCUT2D eigenvalue weighted by atomic mass is 79.9. The third kappa shape index (κ3) is 4.09. The predicted molar refractivity (Wildman–Crippen MR) is 92.1 cm³/mol. The molecule has 0 aliphatic heterocycles. The number of carbonyl (C=O) groups excluding carboxylic acids is 1. The molecule has 7 nitrogen and oxygen atoms in total. The molecule has 1 N–H and O–H groups in total. The Hall–Kier alpha value is -2.45. The van der Waals surface area contributed by atoms with Crippen LogP contribution < -0.4 is 5.32 Å². The number of nitrogens with zero attached hydrogens (tertiary/aromatic N) is 4. The van der Waals surface area contributed by atoms with Crippen molar-refractivity contribution in [2.24, 2.45) is 0 Å². The third-order valence-electron chi connectivity index (χ3n) is 2.96. The highest BCUT2D eigenvalue weighted by molar-refractivity contribution is 9.10. The first-order valence-electron chi connectivity index (χ1n) is 6.82. The van der Waals surface area contributed by atoms with E-state index in [1.807, 2.05) is 30.3 Å². The lowest BCUT2D eigenvalue weighted by atomic mass is 10.2. The Morgan fingerprint density at radius 3 is 2.79 bits per heavy atom. The van der Waals surface area contributed by atoms with Gasteiger partial charge < -0.3 is 4.74 Å². The van der Waals surface area contributed by atoms with Crippen LogP contribution in [0.1, 0.15) is 5.56 Å². The first kappa shape index (κ1) is 16.4. The average molecular weight is 409 g/mol. The second kappa shape index (κ2) is 7.41. The van der Waals surface area contributed by atoms with Crippen LogP contribution in [0.2, 0.25) is 5.28 Å². The summed E-state index contributed by atoms with van der Waals surface area (Å²) in [6.45, 7) is 0.157. The second-order valence-corrected chi connectivity index (χ2v) is 5.92. The molecule has 0 unspecified atom stereocenters. The fraction of sp³-hybridized carbons (Fsp3) is 0.0667. The summed E-state index contributed by atoms with van der Waals surface area (Å²) in [5.41, 5.74) is 1.21. The summed E-state index contributed by atoms with van der Waals surface area (Å²) in [4.78, 5) is 20.0. The molecule has 2 aromatic heterocycles. The maximum atomic E-state index is 12.0. The summed E-state index contributed by atoms with van der Waals surface area (Å²) >= 11 is 9.13. The lowest BCUT2D eigenvalue weighted by molar-refractivity contribution is 0.155. The van der Waals surface area contributed by atoms with Crippen molar-refractivity contribution in [1.29, 1.82) is 0 Å². The number of carbonyl (C=O) groups is 1. The molecule has 1 amide bonds. The molecule has 2 heterocycles. The highest BCUT2D eigenvalue weighted by Crippen LogP contribution is 2.20. The Kier molecular flexibility index (Phi) is 5.07. The van der Waals surface area contributed by atoms with Gasteiger partial charge in [-0.15, -0.1) is 0 Å². The van der Waals surface area contributed by atoms with Crippen LogP contribution >= 0.6 is 27.5 Å². The zero-order valence-electron chi connectivity index (χ0n) is 12.2. The van der Waals surface area contributed by atoms with Crippen molar-refractivity contribution in [3.8, 4) is 5.82 Å². The summed E-state index contributed by atoms with van der Waals surface area (Å²) in [5, 5.41) is 6.75. The monoisotopic (exact) mass is 407 g/mol. The van der Waals surface area contributed by atoms with Crippen molar-refractivity contribution in [1.82, 2.24) is 19.7 Å². The zero-order chi connectivity index (χ0) is 16.9. The SMILES string of the molecule is O=C(Nc1cnc(Cl)nc1-n1cc(Br)cn1)OCc1ccccc1.